The number of thioether (sulfide) groups is 1. The van der Waals surface area contributed by atoms with E-state index in [1.54, 1.807) is 0 Å². The minimum Gasteiger partial charge on any atom is -0.311 e. The minimum absolute atomic E-state index is 0.881. The molecule has 16 heavy (non-hydrogen) atoms. The van der Waals surface area contributed by atoms with Crippen LogP contribution in [0.1, 0.15) is 24.2 Å². The van der Waals surface area contributed by atoms with Crippen molar-refractivity contribution < 1.29 is 0 Å². The number of aromatic nitrogens is 1. The van der Waals surface area contributed by atoms with Crippen molar-refractivity contribution in [1.82, 2.24) is 10.3 Å². The van der Waals surface area contributed by atoms with Crippen molar-refractivity contribution in [3.8, 4) is 0 Å². The summed E-state index contributed by atoms with van der Waals surface area (Å²) in [6.07, 6.45) is 2.75. The third-order valence-corrected chi connectivity index (χ3v) is 4.07. The highest BCUT2D eigenvalue weighted by atomic mass is 32.2. The van der Waals surface area contributed by atoms with Crippen LogP contribution in [0.2, 0.25) is 0 Å². The zero-order valence-corrected chi connectivity index (χ0v) is 10.7. The fourth-order valence-electron chi connectivity index (χ4n) is 2.05. The molecule has 3 heteroatoms. The van der Waals surface area contributed by atoms with Gasteiger partial charge >= 0.3 is 0 Å². The molecular weight excluding hydrogens is 216 g/mol. The molecule has 0 spiro atoms. The van der Waals surface area contributed by atoms with Gasteiger partial charge in [0.05, 0.1) is 5.69 Å². The summed E-state index contributed by atoms with van der Waals surface area (Å²) in [4.78, 5) is 4.49. The van der Waals surface area contributed by atoms with Crippen molar-refractivity contribution in [3.05, 3.63) is 29.6 Å². The molecule has 0 atom stereocenters. The minimum atomic E-state index is 0.881. The van der Waals surface area contributed by atoms with Crippen LogP contribution in [0.3, 0.4) is 0 Å². The lowest BCUT2D eigenvalue weighted by molar-refractivity contribution is 0.446. The first-order chi connectivity index (χ1) is 7.84. The molecule has 0 aromatic carbocycles. The zero-order chi connectivity index (χ0) is 11.2. The fourth-order valence-corrected chi connectivity index (χ4v) is 3.26. The maximum absolute atomic E-state index is 4.49. The zero-order valence-electron chi connectivity index (χ0n) is 9.91. The Kier molecular flexibility index (Phi) is 4.67. The molecule has 0 amide bonds. The van der Waals surface area contributed by atoms with Gasteiger partial charge in [0.25, 0.3) is 0 Å². The first-order valence-corrected chi connectivity index (χ1v) is 7.21. The van der Waals surface area contributed by atoms with Crippen LogP contribution in [0.5, 0.6) is 0 Å². The highest BCUT2D eigenvalue weighted by molar-refractivity contribution is 7.99. The van der Waals surface area contributed by atoms with Crippen molar-refractivity contribution in [2.75, 3.05) is 18.1 Å². The Morgan fingerprint density at radius 1 is 1.38 bits per heavy atom. The van der Waals surface area contributed by atoms with Crippen LogP contribution in [0.4, 0.5) is 0 Å². The van der Waals surface area contributed by atoms with Gasteiger partial charge < -0.3 is 5.32 Å². The topological polar surface area (TPSA) is 24.9 Å². The van der Waals surface area contributed by atoms with E-state index >= 15 is 0 Å². The molecule has 0 unspecified atom stereocenters. The van der Waals surface area contributed by atoms with Crippen molar-refractivity contribution in [2.24, 2.45) is 5.92 Å². The van der Waals surface area contributed by atoms with Crippen LogP contribution in [-0.2, 0) is 6.54 Å². The number of nitrogens with zero attached hydrogens (tertiary/aromatic N) is 1. The van der Waals surface area contributed by atoms with Gasteiger partial charge in [0.15, 0.2) is 0 Å². The van der Waals surface area contributed by atoms with E-state index in [1.807, 2.05) is 13.0 Å². The van der Waals surface area contributed by atoms with Crippen LogP contribution in [0, 0.1) is 12.8 Å². The first-order valence-electron chi connectivity index (χ1n) is 6.05. The Morgan fingerprint density at radius 2 is 2.19 bits per heavy atom. The Morgan fingerprint density at radius 3 is 2.94 bits per heavy atom. The van der Waals surface area contributed by atoms with Crippen LogP contribution in [-0.4, -0.2) is 23.0 Å². The van der Waals surface area contributed by atoms with Crippen molar-refractivity contribution in [1.29, 1.82) is 0 Å². The second-order valence-corrected chi connectivity index (χ2v) is 5.68. The van der Waals surface area contributed by atoms with Crippen molar-refractivity contribution >= 4 is 11.8 Å². The lowest BCUT2D eigenvalue weighted by Crippen LogP contribution is -2.25. The normalized spacial score (nSPS) is 17.6. The Balaban J connectivity index is 1.71. The van der Waals surface area contributed by atoms with Gasteiger partial charge in [-0.25, -0.2) is 0 Å². The van der Waals surface area contributed by atoms with Gasteiger partial charge in [0.2, 0.25) is 0 Å². The summed E-state index contributed by atoms with van der Waals surface area (Å²) < 4.78 is 0. The largest absolute Gasteiger partial charge is 0.311 e. The molecule has 88 valence electrons. The summed E-state index contributed by atoms with van der Waals surface area (Å²) in [5, 5.41) is 3.53. The van der Waals surface area contributed by atoms with E-state index in [0.717, 1.165) is 30.4 Å². The third-order valence-electron chi connectivity index (χ3n) is 3.03. The fraction of sp³-hybridized carbons (Fsp3) is 0.615. The quantitative estimate of drug-likeness (QED) is 0.870. The summed E-state index contributed by atoms with van der Waals surface area (Å²) in [6, 6.07) is 6.22. The predicted molar refractivity (Wildman–Crippen MR) is 70.7 cm³/mol. The second-order valence-electron chi connectivity index (χ2n) is 4.46. The van der Waals surface area contributed by atoms with Gasteiger partial charge in [-0.1, -0.05) is 6.07 Å². The molecule has 1 N–H and O–H groups in total. The first kappa shape index (κ1) is 11.9. The van der Waals surface area contributed by atoms with Crippen LogP contribution in [0.25, 0.3) is 0 Å². The predicted octanol–water partition coefficient (Wildman–Crippen LogP) is 2.62. The average Bonchev–Trinajstić information content (AvgIpc) is 2.30. The Bertz CT molecular complexity index is 321. The van der Waals surface area contributed by atoms with Gasteiger partial charge in [0, 0.05) is 12.2 Å². The molecule has 0 aliphatic carbocycles. The SMILES string of the molecule is Cc1cccc(CNCC2CCSCC2)n1. The number of nitrogens with one attached hydrogen (secondary N) is 1. The molecule has 0 saturated carbocycles. The number of aryl methyl sites for hydroxylation is 1. The third kappa shape index (κ3) is 3.80. The summed E-state index contributed by atoms with van der Waals surface area (Å²) in [5.41, 5.74) is 2.26. The van der Waals surface area contributed by atoms with Gasteiger partial charge in [-0.15, -0.1) is 0 Å². The van der Waals surface area contributed by atoms with Crippen molar-refractivity contribution in [3.63, 3.8) is 0 Å². The summed E-state index contributed by atoms with van der Waals surface area (Å²) in [6.45, 7) is 4.10. The molecule has 1 aromatic heterocycles. The number of hydrogen-bond donors (Lipinski definition) is 1. The lowest BCUT2D eigenvalue weighted by atomic mass is 10.0. The molecule has 1 aromatic rings. The van der Waals surface area contributed by atoms with Crippen LogP contribution in [0.15, 0.2) is 18.2 Å². The molecule has 1 aliphatic rings. The maximum atomic E-state index is 4.49. The lowest BCUT2D eigenvalue weighted by Gasteiger charge is -2.21. The molecule has 1 saturated heterocycles. The van der Waals surface area contributed by atoms with Gasteiger partial charge in [-0.3, -0.25) is 4.98 Å². The standard InChI is InChI=1S/C13H20N2S/c1-11-3-2-4-13(15-11)10-14-9-12-5-7-16-8-6-12/h2-4,12,14H,5-10H2,1H3. The monoisotopic (exact) mass is 236 g/mol. The van der Waals surface area contributed by atoms with E-state index in [9.17, 15) is 0 Å². The highest BCUT2D eigenvalue weighted by Crippen LogP contribution is 2.21. The number of hydrogen-bond acceptors (Lipinski definition) is 3. The highest BCUT2D eigenvalue weighted by Gasteiger charge is 2.12. The molecule has 2 rings (SSSR count). The number of rotatable bonds is 4. The van der Waals surface area contributed by atoms with Gasteiger partial charge in [-0.05, 0) is 55.9 Å². The maximum Gasteiger partial charge on any atom is 0.0544 e. The molecule has 0 radical (unpaired) electrons. The Labute approximate surface area is 102 Å². The van der Waals surface area contributed by atoms with Crippen molar-refractivity contribution in [2.45, 2.75) is 26.3 Å². The summed E-state index contributed by atoms with van der Waals surface area (Å²) >= 11 is 2.09. The van der Waals surface area contributed by atoms with Gasteiger partial charge in [-0.2, -0.15) is 11.8 Å². The molecular formula is C13H20N2S. The average molecular weight is 236 g/mol. The summed E-state index contributed by atoms with van der Waals surface area (Å²) in [7, 11) is 0. The molecule has 1 aliphatic heterocycles. The Hall–Kier alpha value is -0.540. The molecule has 2 heterocycles. The second kappa shape index (κ2) is 6.26. The van der Waals surface area contributed by atoms with Crippen LogP contribution >= 0.6 is 11.8 Å². The van der Waals surface area contributed by atoms with Crippen LogP contribution < -0.4 is 5.32 Å². The van der Waals surface area contributed by atoms with E-state index in [1.165, 1.54) is 24.3 Å². The molecule has 1 fully saturated rings. The van der Waals surface area contributed by atoms with E-state index in [4.69, 9.17) is 0 Å². The van der Waals surface area contributed by atoms with E-state index in [0.29, 0.717) is 0 Å². The van der Waals surface area contributed by atoms with E-state index in [2.05, 4.69) is 34.2 Å². The number of pyridine rings is 1. The summed E-state index contributed by atoms with van der Waals surface area (Å²) in [5.74, 6) is 3.57. The van der Waals surface area contributed by atoms with E-state index in [-0.39, 0.29) is 0 Å². The molecule has 0 bridgehead atoms. The molecule has 2 nitrogen and oxygen atoms in total. The smallest absolute Gasteiger partial charge is 0.0544 e. The van der Waals surface area contributed by atoms with E-state index < -0.39 is 0 Å². The van der Waals surface area contributed by atoms with Gasteiger partial charge in [0.1, 0.15) is 0 Å².